The highest BCUT2D eigenvalue weighted by Crippen LogP contribution is 2.38. The van der Waals surface area contributed by atoms with Crippen molar-refractivity contribution in [2.45, 2.75) is 48.8 Å². The number of nitrogens with one attached hydrogen (secondary N) is 1. The first-order valence-corrected chi connectivity index (χ1v) is 25.0. The zero-order valence-electron chi connectivity index (χ0n) is 37.0. The normalized spacial score (nSPS) is 22.9. The summed E-state index contributed by atoms with van der Waals surface area (Å²) in [4.78, 5) is 41.1. The monoisotopic (exact) mass is 1050 g/mol. The van der Waals surface area contributed by atoms with Crippen LogP contribution in [0.3, 0.4) is 0 Å². The van der Waals surface area contributed by atoms with E-state index in [2.05, 4.69) is 25.3 Å². The molecule has 2 unspecified atom stereocenters. The van der Waals surface area contributed by atoms with Gasteiger partial charge in [-0.2, -0.15) is 0 Å². The number of aromatic nitrogens is 4. The molecule has 8 aromatic rings. The molecule has 3 N–H and O–H groups in total. The van der Waals surface area contributed by atoms with E-state index in [1.54, 1.807) is 102 Å². The van der Waals surface area contributed by atoms with Crippen molar-refractivity contribution in [1.82, 2.24) is 19.9 Å². The van der Waals surface area contributed by atoms with Gasteiger partial charge in [0.2, 0.25) is 0 Å². The second kappa shape index (κ2) is 22.1. The minimum Gasteiger partial charge on any atom is -0.484 e. The van der Waals surface area contributed by atoms with Crippen LogP contribution in [-0.4, -0.2) is 107 Å². The number of fused-ring (bicyclic) bond motifs is 4. The predicted molar refractivity (Wildman–Crippen MR) is 270 cm³/mol. The lowest BCUT2D eigenvalue weighted by atomic mass is 10.1. The molecule has 0 aliphatic carbocycles. The quantitative estimate of drug-likeness (QED) is 0.0745. The largest absolute Gasteiger partial charge is 0.484 e. The van der Waals surface area contributed by atoms with Gasteiger partial charge in [-0.15, -0.1) is 22.7 Å². The van der Waals surface area contributed by atoms with E-state index in [0.29, 0.717) is 56.7 Å². The van der Waals surface area contributed by atoms with Crippen LogP contribution in [0.2, 0.25) is 15.2 Å². The van der Waals surface area contributed by atoms with Crippen molar-refractivity contribution in [3.63, 3.8) is 0 Å². The Morgan fingerprint density at radius 2 is 1.04 bits per heavy atom. The molecule has 16 nitrogen and oxygen atoms in total. The van der Waals surface area contributed by atoms with Crippen molar-refractivity contribution in [3.8, 4) is 11.5 Å². The third kappa shape index (κ3) is 11.2. The fraction of sp³-hybridized carbons (Fsp3) is 0.240. The molecule has 71 heavy (non-hydrogen) atoms. The van der Waals surface area contributed by atoms with E-state index in [0.717, 1.165) is 31.9 Å². The molecular formula is C50H41Cl3N6O10S2. The van der Waals surface area contributed by atoms with Crippen LogP contribution in [0.15, 0.2) is 133 Å². The Labute approximate surface area is 428 Å². The third-order valence-electron chi connectivity index (χ3n) is 11.6. The molecular weight excluding hydrogens is 1020 g/mol. The molecule has 0 radical (unpaired) electrons. The smallest absolute Gasteiger partial charge is 0.338 e. The number of anilines is 3. The van der Waals surface area contributed by atoms with Gasteiger partial charge >= 0.3 is 11.9 Å². The Hall–Kier alpha value is -6.19. The number of thiophene rings is 2. The molecule has 21 heteroatoms. The second-order valence-corrected chi connectivity index (χ2v) is 19.2. The number of carbonyl (C=O) groups is 2. The summed E-state index contributed by atoms with van der Waals surface area (Å²) in [6.45, 7) is 1.15. The van der Waals surface area contributed by atoms with Gasteiger partial charge in [-0.3, -0.25) is 0 Å². The van der Waals surface area contributed by atoms with Crippen LogP contribution < -0.4 is 20.5 Å². The minimum absolute atomic E-state index is 0.250. The maximum absolute atomic E-state index is 12.4. The zero-order valence-corrected chi connectivity index (χ0v) is 40.9. The first kappa shape index (κ1) is 48.4. The molecule has 4 aromatic carbocycles. The topological polar surface area (TPSA) is 198 Å². The molecule has 0 spiro atoms. The van der Waals surface area contributed by atoms with Gasteiger partial charge in [0.05, 0.1) is 68.0 Å². The summed E-state index contributed by atoms with van der Waals surface area (Å²) in [5.41, 5.74) is 9.83. The number of halogens is 3. The van der Waals surface area contributed by atoms with Crippen molar-refractivity contribution in [3.05, 3.63) is 159 Å². The summed E-state index contributed by atoms with van der Waals surface area (Å²) in [5.74, 6) is 0.960. The number of benzene rings is 4. The van der Waals surface area contributed by atoms with Crippen LogP contribution in [0.4, 0.5) is 17.2 Å². The molecule has 4 aliphatic heterocycles. The number of nitrogen functional groups attached to an aromatic ring is 1. The number of nitrogens with two attached hydrogens (primary N) is 1. The maximum atomic E-state index is 12.4. The number of ether oxygens (including phenoxy) is 8. The van der Waals surface area contributed by atoms with Crippen LogP contribution in [0.1, 0.15) is 20.7 Å². The fourth-order valence-corrected chi connectivity index (χ4v) is 10.5. The maximum Gasteiger partial charge on any atom is 0.338 e. The van der Waals surface area contributed by atoms with Crippen molar-refractivity contribution >= 4 is 107 Å². The Balaban J connectivity index is 0.000000141. The SMILES string of the molecule is Clc1ncnc2ccsc12.Nc1ccc(OC2CO[C@@H]3[C@@H](OC(=O)c4ccccc4)CO[C@H]23)c(Cl)c1.O=C(O[C@H]1CO[C@@H]2C(Oc3ccc(Nc4ncnc5ccsc45)cc3Cl)CO[C@H]12)c1ccccc1. The summed E-state index contributed by atoms with van der Waals surface area (Å²) in [5, 5.41) is 8.63. The number of rotatable bonds is 10. The lowest BCUT2D eigenvalue weighted by molar-refractivity contribution is -0.0193. The van der Waals surface area contributed by atoms with Gasteiger partial charge in [-0.25, -0.2) is 29.5 Å². The molecule has 364 valence electrons. The average Bonchev–Trinajstić information content (AvgIpc) is 4.26. The van der Waals surface area contributed by atoms with Crippen LogP contribution >= 0.6 is 57.5 Å². The number of hydrogen-bond acceptors (Lipinski definition) is 18. The third-order valence-corrected chi connectivity index (χ3v) is 14.4. The van der Waals surface area contributed by atoms with E-state index in [1.165, 1.54) is 12.7 Å². The minimum atomic E-state index is -0.495. The van der Waals surface area contributed by atoms with Crippen molar-refractivity contribution in [2.24, 2.45) is 0 Å². The van der Waals surface area contributed by atoms with Gasteiger partial charge in [0.1, 0.15) is 53.7 Å². The number of carbonyl (C=O) groups excluding carboxylic acids is 2. The molecule has 4 aromatic heterocycles. The molecule has 0 saturated carbocycles. The van der Waals surface area contributed by atoms with E-state index in [9.17, 15) is 9.59 Å². The lowest BCUT2D eigenvalue weighted by Crippen LogP contribution is -2.36. The van der Waals surface area contributed by atoms with Crippen molar-refractivity contribution in [2.75, 3.05) is 37.5 Å². The Morgan fingerprint density at radius 3 is 1.58 bits per heavy atom. The van der Waals surface area contributed by atoms with E-state index >= 15 is 0 Å². The molecule has 4 fully saturated rings. The van der Waals surface area contributed by atoms with Gasteiger partial charge in [-0.05, 0) is 83.6 Å². The van der Waals surface area contributed by atoms with Crippen molar-refractivity contribution < 1.29 is 47.5 Å². The Morgan fingerprint density at radius 1 is 0.563 bits per heavy atom. The van der Waals surface area contributed by atoms with E-state index < -0.39 is 30.3 Å². The van der Waals surface area contributed by atoms with Gasteiger partial charge < -0.3 is 48.9 Å². The molecule has 8 heterocycles. The number of nitrogens with zero attached hydrogens (tertiary/aromatic N) is 4. The standard InChI is InChI=1S/C25H20ClN3O5S.C19H18ClNO5.C6H3ClN2S/c26-16-10-15(29-24-23-17(8-9-35-23)27-13-28-24)6-7-18(16)33-19-11-31-22-20(12-32-21(19)22)34-25(30)14-4-2-1-3-5-14;20-13-8-12(21)6-7-14(13)25-15-9-23-18-16(10-24-17(15)18)26-19(22)11-4-2-1-3-5-11;7-6-5-4(1-2-10-5)8-3-9-6/h1-10,13,19-22H,11-12H2,(H,27,28,29);1-8,15-18H,9-10,21H2;1-3H/t19?,20-,21+,22+;15?,16-,17+,18+;/m00./s1. The fourth-order valence-electron chi connectivity index (χ4n) is 8.21. The number of esters is 2. The summed E-state index contributed by atoms with van der Waals surface area (Å²) in [7, 11) is 0. The van der Waals surface area contributed by atoms with Gasteiger partial charge in [0, 0.05) is 11.4 Å². The van der Waals surface area contributed by atoms with E-state index in [4.69, 9.17) is 78.4 Å². The van der Waals surface area contributed by atoms with Gasteiger partial charge in [0.25, 0.3) is 0 Å². The summed E-state index contributed by atoms with van der Waals surface area (Å²) in [6.07, 6.45) is -0.100. The second-order valence-electron chi connectivity index (χ2n) is 16.2. The highest BCUT2D eigenvalue weighted by atomic mass is 35.5. The molecule has 4 saturated heterocycles. The first-order valence-electron chi connectivity index (χ1n) is 22.1. The van der Waals surface area contributed by atoms with Crippen molar-refractivity contribution in [1.29, 1.82) is 0 Å². The van der Waals surface area contributed by atoms with Crippen LogP contribution in [0, 0.1) is 0 Å². The molecule has 4 aliphatic rings. The first-order chi connectivity index (χ1) is 34.6. The Bertz CT molecular complexity index is 3140. The molecule has 0 amide bonds. The van der Waals surface area contributed by atoms with E-state index in [-0.39, 0.29) is 43.7 Å². The average molecular weight is 1060 g/mol. The number of hydrogen-bond donors (Lipinski definition) is 2. The van der Waals surface area contributed by atoms with Gasteiger partial charge in [-0.1, -0.05) is 71.2 Å². The molecule has 12 rings (SSSR count). The summed E-state index contributed by atoms with van der Waals surface area (Å²) >= 11 is 21.6. The highest BCUT2D eigenvalue weighted by molar-refractivity contribution is 7.18. The van der Waals surface area contributed by atoms with Crippen LogP contribution in [0.25, 0.3) is 20.4 Å². The van der Waals surface area contributed by atoms with E-state index in [1.807, 2.05) is 41.1 Å². The van der Waals surface area contributed by atoms with Crippen LogP contribution in [-0.2, 0) is 28.4 Å². The lowest BCUT2D eigenvalue weighted by Gasteiger charge is -2.19. The highest BCUT2D eigenvalue weighted by Gasteiger charge is 2.52. The molecule has 0 bridgehead atoms. The zero-order chi connectivity index (χ0) is 48.8. The molecule has 8 atom stereocenters. The predicted octanol–water partition coefficient (Wildman–Crippen LogP) is 9.90. The summed E-state index contributed by atoms with van der Waals surface area (Å²) < 4.78 is 48.6. The van der Waals surface area contributed by atoms with Gasteiger partial charge in [0.15, 0.2) is 30.2 Å². The van der Waals surface area contributed by atoms with Crippen LogP contribution in [0.5, 0.6) is 11.5 Å². The Kier molecular flexibility index (Phi) is 15.1. The summed E-state index contributed by atoms with van der Waals surface area (Å²) in [6, 6.07) is 32.1.